The van der Waals surface area contributed by atoms with E-state index in [9.17, 15) is 10.1 Å². The van der Waals surface area contributed by atoms with Gasteiger partial charge in [-0.2, -0.15) is 5.26 Å². The van der Waals surface area contributed by atoms with Crippen LogP contribution in [0.25, 0.3) is 0 Å². The van der Waals surface area contributed by atoms with Crippen LogP contribution >= 0.6 is 0 Å². The first-order valence-electron chi connectivity index (χ1n) is 6.98. The molecule has 0 aromatic heterocycles. The third-order valence-corrected chi connectivity index (χ3v) is 4.38. The Hall–Kier alpha value is -2.09. The van der Waals surface area contributed by atoms with Crippen molar-refractivity contribution in [2.45, 2.75) is 39.2 Å². The molecule has 3 unspecified atom stereocenters. The molecule has 0 bridgehead atoms. The lowest BCUT2D eigenvalue weighted by Gasteiger charge is -2.35. The number of nitro groups is 1. The predicted molar refractivity (Wildman–Crippen MR) is 77.4 cm³/mol. The van der Waals surface area contributed by atoms with Crippen LogP contribution in [-0.2, 0) is 0 Å². The summed E-state index contributed by atoms with van der Waals surface area (Å²) >= 11 is 0. The van der Waals surface area contributed by atoms with E-state index in [0.717, 1.165) is 6.42 Å². The lowest BCUT2D eigenvalue weighted by atomic mass is 9.78. The Balaban J connectivity index is 2.21. The first-order valence-corrected chi connectivity index (χ1v) is 6.98. The standard InChI is InChI=1S/C15H19N3O2/c1-10-4-3-5-14(11(10)2)17-15-7-6-13(18(19)20)8-12(15)9-16/h6-8,10-11,14,17H,3-5H2,1-2H3. The number of nitrogens with one attached hydrogen (secondary N) is 1. The highest BCUT2D eigenvalue weighted by Crippen LogP contribution is 2.32. The van der Waals surface area contributed by atoms with E-state index < -0.39 is 4.92 Å². The van der Waals surface area contributed by atoms with Crippen molar-refractivity contribution in [2.24, 2.45) is 11.8 Å². The molecule has 0 saturated heterocycles. The van der Waals surface area contributed by atoms with Gasteiger partial charge in [0.25, 0.3) is 5.69 Å². The summed E-state index contributed by atoms with van der Waals surface area (Å²) in [7, 11) is 0. The Morgan fingerprint density at radius 1 is 1.40 bits per heavy atom. The second-order valence-electron chi connectivity index (χ2n) is 5.62. The normalized spacial score (nSPS) is 25.8. The van der Waals surface area contributed by atoms with Crippen molar-refractivity contribution in [3.05, 3.63) is 33.9 Å². The fourth-order valence-corrected chi connectivity index (χ4v) is 2.85. The molecule has 0 spiro atoms. The number of hydrogen-bond donors (Lipinski definition) is 1. The zero-order valence-corrected chi connectivity index (χ0v) is 11.8. The molecular formula is C15H19N3O2. The van der Waals surface area contributed by atoms with Crippen LogP contribution in [0.3, 0.4) is 0 Å². The minimum atomic E-state index is -0.476. The van der Waals surface area contributed by atoms with Gasteiger partial charge in [0.1, 0.15) is 6.07 Å². The Labute approximate surface area is 118 Å². The van der Waals surface area contributed by atoms with Crippen LogP contribution in [0.5, 0.6) is 0 Å². The summed E-state index contributed by atoms with van der Waals surface area (Å²) in [5, 5.41) is 23.3. The highest BCUT2D eigenvalue weighted by atomic mass is 16.6. The van der Waals surface area contributed by atoms with Gasteiger partial charge in [-0.15, -0.1) is 0 Å². The second kappa shape index (κ2) is 5.91. The summed E-state index contributed by atoms with van der Waals surface area (Å²) in [5.41, 5.74) is 0.992. The van der Waals surface area contributed by atoms with Crippen molar-refractivity contribution in [3.8, 4) is 6.07 Å². The Morgan fingerprint density at radius 2 is 2.15 bits per heavy atom. The van der Waals surface area contributed by atoms with E-state index in [4.69, 9.17) is 5.26 Å². The van der Waals surface area contributed by atoms with Crippen LogP contribution in [0, 0.1) is 33.3 Å². The van der Waals surface area contributed by atoms with Gasteiger partial charge >= 0.3 is 0 Å². The fraction of sp³-hybridized carbons (Fsp3) is 0.533. The van der Waals surface area contributed by atoms with Gasteiger partial charge in [0, 0.05) is 18.2 Å². The molecule has 1 fully saturated rings. The monoisotopic (exact) mass is 273 g/mol. The minimum Gasteiger partial charge on any atom is -0.381 e. The van der Waals surface area contributed by atoms with Crippen LogP contribution in [-0.4, -0.2) is 11.0 Å². The third-order valence-electron chi connectivity index (χ3n) is 4.38. The molecule has 20 heavy (non-hydrogen) atoms. The van der Waals surface area contributed by atoms with Crippen LogP contribution in [0.15, 0.2) is 18.2 Å². The Kier molecular flexibility index (Phi) is 4.23. The molecular weight excluding hydrogens is 254 g/mol. The van der Waals surface area contributed by atoms with Crippen molar-refractivity contribution in [2.75, 3.05) is 5.32 Å². The van der Waals surface area contributed by atoms with Gasteiger partial charge < -0.3 is 5.32 Å². The van der Waals surface area contributed by atoms with Crippen molar-refractivity contribution < 1.29 is 4.92 Å². The minimum absolute atomic E-state index is 0.0443. The maximum absolute atomic E-state index is 10.7. The molecule has 0 amide bonds. The summed E-state index contributed by atoms with van der Waals surface area (Å²) < 4.78 is 0. The van der Waals surface area contributed by atoms with Gasteiger partial charge in [-0.25, -0.2) is 0 Å². The summed E-state index contributed by atoms with van der Waals surface area (Å²) in [4.78, 5) is 10.3. The molecule has 0 radical (unpaired) electrons. The van der Waals surface area contributed by atoms with Crippen LogP contribution in [0.2, 0.25) is 0 Å². The number of nitrogens with zero attached hydrogens (tertiary/aromatic N) is 2. The van der Waals surface area contributed by atoms with E-state index in [0.29, 0.717) is 29.1 Å². The van der Waals surface area contributed by atoms with E-state index in [1.807, 2.05) is 6.07 Å². The molecule has 1 aliphatic rings. The highest BCUT2D eigenvalue weighted by Gasteiger charge is 2.27. The Bertz CT molecular complexity index is 551. The lowest BCUT2D eigenvalue weighted by molar-refractivity contribution is -0.384. The first kappa shape index (κ1) is 14.3. The van der Waals surface area contributed by atoms with Crippen LogP contribution < -0.4 is 5.32 Å². The molecule has 2 rings (SSSR count). The molecule has 5 heteroatoms. The van der Waals surface area contributed by atoms with E-state index >= 15 is 0 Å². The molecule has 1 aromatic rings. The van der Waals surface area contributed by atoms with Gasteiger partial charge in [-0.05, 0) is 24.3 Å². The first-order chi connectivity index (χ1) is 9.52. The number of hydrogen-bond acceptors (Lipinski definition) is 4. The molecule has 1 saturated carbocycles. The van der Waals surface area contributed by atoms with E-state index in [2.05, 4.69) is 19.2 Å². The molecule has 5 nitrogen and oxygen atoms in total. The summed E-state index contributed by atoms with van der Waals surface area (Å²) in [6.07, 6.45) is 3.50. The number of rotatable bonds is 3. The van der Waals surface area contributed by atoms with Crippen molar-refractivity contribution >= 4 is 11.4 Å². The lowest BCUT2D eigenvalue weighted by Crippen LogP contribution is -2.35. The SMILES string of the molecule is CC1CCCC(Nc2ccc([N+](=O)[O-])cc2C#N)C1C. The summed E-state index contributed by atoms with van der Waals surface area (Å²) in [5.74, 6) is 1.19. The van der Waals surface area contributed by atoms with Gasteiger partial charge in [0.15, 0.2) is 0 Å². The summed E-state index contributed by atoms with van der Waals surface area (Å²) in [6, 6.07) is 6.78. The number of nitriles is 1. The summed E-state index contributed by atoms with van der Waals surface area (Å²) in [6.45, 7) is 4.47. The average molecular weight is 273 g/mol. The number of benzene rings is 1. The van der Waals surface area contributed by atoms with Crippen molar-refractivity contribution in [1.82, 2.24) is 0 Å². The molecule has 0 aliphatic heterocycles. The van der Waals surface area contributed by atoms with Gasteiger partial charge in [0.2, 0.25) is 0 Å². The van der Waals surface area contributed by atoms with Crippen molar-refractivity contribution in [3.63, 3.8) is 0 Å². The second-order valence-corrected chi connectivity index (χ2v) is 5.62. The van der Waals surface area contributed by atoms with Crippen LogP contribution in [0.1, 0.15) is 38.7 Å². The van der Waals surface area contributed by atoms with E-state index in [1.54, 1.807) is 6.07 Å². The molecule has 1 aromatic carbocycles. The van der Waals surface area contributed by atoms with E-state index in [-0.39, 0.29) is 5.69 Å². The maximum atomic E-state index is 10.7. The molecule has 1 N–H and O–H groups in total. The van der Waals surface area contributed by atoms with Gasteiger partial charge in [-0.3, -0.25) is 10.1 Å². The largest absolute Gasteiger partial charge is 0.381 e. The molecule has 106 valence electrons. The zero-order valence-electron chi connectivity index (χ0n) is 11.8. The quantitative estimate of drug-likeness (QED) is 0.672. The molecule has 1 aliphatic carbocycles. The average Bonchev–Trinajstić information content (AvgIpc) is 2.44. The molecule has 3 atom stereocenters. The number of anilines is 1. The van der Waals surface area contributed by atoms with Crippen molar-refractivity contribution in [1.29, 1.82) is 5.26 Å². The highest BCUT2D eigenvalue weighted by molar-refractivity contribution is 5.61. The fourth-order valence-electron chi connectivity index (χ4n) is 2.85. The van der Waals surface area contributed by atoms with Crippen LogP contribution in [0.4, 0.5) is 11.4 Å². The predicted octanol–water partition coefficient (Wildman–Crippen LogP) is 3.70. The van der Waals surface area contributed by atoms with Gasteiger partial charge in [-0.1, -0.05) is 26.7 Å². The topological polar surface area (TPSA) is 79.0 Å². The molecule has 0 heterocycles. The van der Waals surface area contributed by atoms with E-state index in [1.165, 1.54) is 25.0 Å². The maximum Gasteiger partial charge on any atom is 0.270 e. The zero-order chi connectivity index (χ0) is 14.7. The Morgan fingerprint density at radius 3 is 2.80 bits per heavy atom. The smallest absolute Gasteiger partial charge is 0.270 e. The number of nitro benzene ring substituents is 1. The number of non-ortho nitro benzene ring substituents is 1. The van der Waals surface area contributed by atoms with Gasteiger partial charge in [0.05, 0.1) is 16.2 Å². The third kappa shape index (κ3) is 2.90.